The van der Waals surface area contributed by atoms with Crippen LogP contribution in [-0.4, -0.2) is 35.3 Å². The molecule has 174 valence electrons. The van der Waals surface area contributed by atoms with Crippen LogP contribution in [0.5, 0.6) is 5.75 Å². The van der Waals surface area contributed by atoms with Gasteiger partial charge in [0.2, 0.25) is 0 Å². The third kappa shape index (κ3) is 3.13. The second-order valence-electron chi connectivity index (χ2n) is 11.1. The van der Waals surface area contributed by atoms with Gasteiger partial charge in [0.25, 0.3) is 0 Å². The van der Waals surface area contributed by atoms with Gasteiger partial charge in [0.15, 0.2) is 5.78 Å². The molecule has 8 atom stereocenters. The van der Waals surface area contributed by atoms with Gasteiger partial charge in [-0.2, -0.15) is 0 Å². The molecule has 0 unspecified atom stereocenters. The highest BCUT2D eigenvalue weighted by Crippen LogP contribution is 2.68. The number of ether oxygens (including phenoxy) is 1. The number of methoxy groups -OCH3 is 1. The third-order valence-corrected chi connectivity index (χ3v) is 9.73. The maximum absolute atomic E-state index is 14.0. The summed E-state index contributed by atoms with van der Waals surface area (Å²) in [4.78, 5) is 14.0. The van der Waals surface area contributed by atoms with E-state index >= 15 is 0 Å². The van der Waals surface area contributed by atoms with Crippen molar-refractivity contribution in [3.63, 3.8) is 0 Å². The van der Waals surface area contributed by atoms with Crippen molar-refractivity contribution in [2.45, 2.75) is 65.6 Å². The second kappa shape index (κ2) is 7.85. The molecule has 1 aromatic rings. The molecule has 0 heterocycles. The quantitative estimate of drug-likeness (QED) is 0.512. The Morgan fingerprint density at radius 1 is 1.16 bits per heavy atom. The van der Waals surface area contributed by atoms with Crippen LogP contribution in [-0.2, 0) is 4.79 Å². The first kappa shape index (κ1) is 23.3. The van der Waals surface area contributed by atoms with Gasteiger partial charge in [0.05, 0.1) is 19.3 Å². The smallest absolute Gasteiger partial charge is 0.163 e. The molecule has 32 heavy (non-hydrogen) atoms. The fraction of sp³-hybridized carbons (Fsp3) is 0.607. The summed E-state index contributed by atoms with van der Waals surface area (Å²) in [5.41, 5.74) is 0.289. The zero-order valence-corrected chi connectivity index (χ0v) is 20.1. The summed E-state index contributed by atoms with van der Waals surface area (Å²) in [5.74, 6) is 0.773. The molecule has 4 heteroatoms. The monoisotopic (exact) mass is 438 g/mol. The molecule has 4 rings (SSSR count). The summed E-state index contributed by atoms with van der Waals surface area (Å²) in [6.07, 6.45) is 5.36. The standard InChI is InChI=1S/C28H38O4/c1-7-26(4)16-22(29)27(5)17(2)12-13-28(18(3)25(26)31)15-20(23(30)24(27)28)14-19-8-10-21(32-6)11-9-19/h7-11,14,17-18,22,24-25,29,31H,1,12-13,15-16H2,2-6H3/b20-14+/t17-,18+,22-,24+,25+,26-,27+,28+/m1/s1. The van der Waals surface area contributed by atoms with Crippen molar-refractivity contribution in [2.24, 2.45) is 34.0 Å². The minimum absolute atomic E-state index is 0.0828. The average molecular weight is 439 g/mol. The lowest BCUT2D eigenvalue weighted by Crippen LogP contribution is -2.62. The molecule has 0 radical (unpaired) electrons. The van der Waals surface area contributed by atoms with E-state index in [1.54, 1.807) is 7.11 Å². The Labute approximate surface area is 192 Å². The number of carbonyl (C=O) groups is 1. The highest BCUT2D eigenvalue weighted by molar-refractivity contribution is 6.04. The van der Waals surface area contributed by atoms with E-state index in [2.05, 4.69) is 27.4 Å². The largest absolute Gasteiger partial charge is 0.497 e. The van der Waals surface area contributed by atoms with E-state index < -0.39 is 23.0 Å². The molecule has 1 aromatic carbocycles. The van der Waals surface area contributed by atoms with Crippen LogP contribution in [0.25, 0.3) is 6.08 Å². The van der Waals surface area contributed by atoms with E-state index in [0.717, 1.165) is 29.7 Å². The molecule has 0 spiro atoms. The molecule has 0 amide bonds. The number of aliphatic hydroxyl groups excluding tert-OH is 2. The van der Waals surface area contributed by atoms with E-state index in [9.17, 15) is 15.0 Å². The molecule has 3 aliphatic rings. The molecule has 4 nitrogen and oxygen atoms in total. The van der Waals surface area contributed by atoms with Crippen LogP contribution < -0.4 is 4.74 Å². The van der Waals surface area contributed by atoms with Gasteiger partial charge in [-0.3, -0.25) is 4.79 Å². The molecule has 3 aliphatic carbocycles. The summed E-state index contributed by atoms with van der Waals surface area (Å²) >= 11 is 0. The van der Waals surface area contributed by atoms with E-state index in [1.807, 2.05) is 43.3 Å². The minimum Gasteiger partial charge on any atom is -0.497 e. The van der Waals surface area contributed by atoms with Crippen LogP contribution in [0.15, 0.2) is 42.5 Å². The van der Waals surface area contributed by atoms with Crippen LogP contribution in [0.1, 0.15) is 58.9 Å². The Bertz CT molecular complexity index is 933. The second-order valence-corrected chi connectivity index (χ2v) is 11.1. The molecule has 2 bridgehead atoms. The fourth-order valence-corrected chi connectivity index (χ4v) is 7.25. The molecule has 3 fully saturated rings. The number of carbonyl (C=O) groups excluding carboxylic acids is 1. The Morgan fingerprint density at radius 2 is 1.81 bits per heavy atom. The number of hydrogen-bond donors (Lipinski definition) is 2. The number of rotatable bonds is 3. The maximum atomic E-state index is 14.0. The Kier molecular flexibility index (Phi) is 5.70. The lowest BCUT2D eigenvalue weighted by Gasteiger charge is -2.61. The zero-order valence-electron chi connectivity index (χ0n) is 20.1. The van der Waals surface area contributed by atoms with E-state index in [0.29, 0.717) is 12.8 Å². The van der Waals surface area contributed by atoms with Crippen molar-refractivity contribution in [2.75, 3.05) is 7.11 Å². The predicted molar refractivity (Wildman–Crippen MR) is 127 cm³/mol. The first-order valence-electron chi connectivity index (χ1n) is 11.9. The zero-order chi connectivity index (χ0) is 23.5. The molecule has 3 saturated carbocycles. The van der Waals surface area contributed by atoms with Crippen molar-refractivity contribution >= 4 is 11.9 Å². The Hall–Kier alpha value is -1.91. The normalized spacial score (nSPS) is 45.2. The average Bonchev–Trinajstić information content (AvgIpc) is 3.08. The summed E-state index contributed by atoms with van der Waals surface area (Å²) in [6, 6.07) is 7.74. The van der Waals surface area contributed by atoms with Gasteiger partial charge in [-0.15, -0.1) is 6.58 Å². The Balaban J connectivity index is 1.86. The SMILES string of the molecule is C=C[C@]1(C)C[C@@H](O)[C@]2(C)[C@H](C)CC[C@]3(C/C(=C\c4ccc(OC)cc4)C(=O)[C@H]32)[C@@H](C)[C@@H]1O. The van der Waals surface area contributed by atoms with Gasteiger partial charge in [0, 0.05) is 16.7 Å². The summed E-state index contributed by atoms with van der Waals surface area (Å²) in [6.45, 7) is 12.4. The molecule has 0 aliphatic heterocycles. The first-order chi connectivity index (χ1) is 15.0. The van der Waals surface area contributed by atoms with Gasteiger partial charge in [0.1, 0.15) is 5.75 Å². The highest BCUT2D eigenvalue weighted by atomic mass is 16.5. The molecule has 2 N–H and O–H groups in total. The number of benzene rings is 1. The van der Waals surface area contributed by atoms with Crippen LogP contribution in [0.2, 0.25) is 0 Å². The van der Waals surface area contributed by atoms with Crippen LogP contribution in [0.4, 0.5) is 0 Å². The molecule has 0 aromatic heterocycles. The van der Waals surface area contributed by atoms with Crippen LogP contribution >= 0.6 is 0 Å². The van der Waals surface area contributed by atoms with Gasteiger partial charge < -0.3 is 14.9 Å². The van der Waals surface area contributed by atoms with Crippen molar-refractivity contribution < 1.29 is 19.7 Å². The van der Waals surface area contributed by atoms with Crippen molar-refractivity contribution in [1.82, 2.24) is 0 Å². The summed E-state index contributed by atoms with van der Waals surface area (Å²) < 4.78 is 5.26. The summed E-state index contributed by atoms with van der Waals surface area (Å²) in [7, 11) is 1.64. The lowest BCUT2D eigenvalue weighted by atomic mass is 9.44. The number of ketones is 1. The van der Waals surface area contributed by atoms with E-state index in [4.69, 9.17) is 4.74 Å². The number of allylic oxidation sites excluding steroid dienone is 1. The van der Waals surface area contributed by atoms with Gasteiger partial charge >= 0.3 is 0 Å². The summed E-state index contributed by atoms with van der Waals surface area (Å²) in [5, 5.41) is 23.1. The fourth-order valence-electron chi connectivity index (χ4n) is 7.25. The van der Waals surface area contributed by atoms with Crippen molar-refractivity contribution in [3.05, 3.63) is 48.1 Å². The Morgan fingerprint density at radius 3 is 2.41 bits per heavy atom. The van der Waals surface area contributed by atoms with Crippen LogP contribution in [0.3, 0.4) is 0 Å². The molecular formula is C28H38O4. The third-order valence-electron chi connectivity index (χ3n) is 9.73. The molecular weight excluding hydrogens is 400 g/mol. The van der Waals surface area contributed by atoms with Crippen LogP contribution in [0, 0.1) is 34.0 Å². The lowest BCUT2D eigenvalue weighted by molar-refractivity contribution is -0.191. The maximum Gasteiger partial charge on any atom is 0.163 e. The number of aliphatic hydroxyl groups is 2. The van der Waals surface area contributed by atoms with Crippen molar-refractivity contribution in [1.29, 1.82) is 0 Å². The number of hydrogen-bond acceptors (Lipinski definition) is 4. The number of Topliss-reactive ketones (excluding diaryl/α,β-unsaturated/α-hetero) is 1. The molecule has 0 saturated heterocycles. The van der Waals surface area contributed by atoms with Gasteiger partial charge in [-0.25, -0.2) is 0 Å². The topological polar surface area (TPSA) is 66.8 Å². The predicted octanol–water partition coefficient (Wildman–Crippen LogP) is 5.04. The van der Waals surface area contributed by atoms with E-state index in [-0.39, 0.29) is 29.0 Å². The highest BCUT2D eigenvalue weighted by Gasteiger charge is 2.68. The first-order valence-corrected chi connectivity index (χ1v) is 11.9. The van der Waals surface area contributed by atoms with Crippen molar-refractivity contribution in [3.8, 4) is 5.75 Å². The van der Waals surface area contributed by atoms with Gasteiger partial charge in [-0.1, -0.05) is 45.9 Å². The minimum atomic E-state index is -0.684. The van der Waals surface area contributed by atoms with E-state index in [1.165, 1.54) is 0 Å². The van der Waals surface area contributed by atoms with Gasteiger partial charge in [-0.05, 0) is 72.3 Å².